The highest BCUT2D eigenvalue weighted by Crippen LogP contribution is 2.46. The topological polar surface area (TPSA) is 66.5 Å². The lowest BCUT2D eigenvalue weighted by Crippen LogP contribution is -2.38. The van der Waals surface area contributed by atoms with E-state index in [1.165, 1.54) is 4.90 Å². The van der Waals surface area contributed by atoms with E-state index in [9.17, 15) is 4.79 Å². The van der Waals surface area contributed by atoms with Crippen molar-refractivity contribution in [2.24, 2.45) is 0 Å². The van der Waals surface area contributed by atoms with Crippen LogP contribution in [0, 0.1) is 0 Å². The molecular formula is C18H25NO6. The summed E-state index contributed by atoms with van der Waals surface area (Å²) in [5.41, 5.74) is 1.33. The predicted molar refractivity (Wildman–Crippen MR) is 89.9 cm³/mol. The Labute approximate surface area is 147 Å². The lowest BCUT2D eigenvalue weighted by molar-refractivity contribution is -0.0587. The third kappa shape index (κ3) is 3.67. The number of amides is 1. The number of likely N-dealkylation sites (N-methyl/N-ethyl adjacent to an activating group) is 1. The van der Waals surface area contributed by atoms with Gasteiger partial charge in [-0.15, -0.1) is 0 Å². The van der Waals surface area contributed by atoms with Crippen molar-refractivity contribution in [3.05, 3.63) is 23.3 Å². The number of benzene rings is 1. The third-order valence-corrected chi connectivity index (χ3v) is 4.16. The van der Waals surface area contributed by atoms with Gasteiger partial charge in [-0.3, -0.25) is 0 Å². The Kier molecular flexibility index (Phi) is 4.79. The fourth-order valence-corrected chi connectivity index (χ4v) is 3.00. The van der Waals surface area contributed by atoms with Crippen LogP contribution in [-0.4, -0.2) is 50.7 Å². The van der Waals surface area contributed by atoms with Crippen LogP contribution in [0.25, 0.3) is 0 Å². The standard InChI is InChI=1S/C18H25NO6/c1-18(2,3)25-17(20)19(4)8-13-15-11(14(21-5)9-22-13)6-7-12-16(15)24-10-23-12/h6-7,13-14H,8-10H2,1-5H3. The number of carbonyl (C=O) groups excluding carboxylic acids is 1. The van der Waals surface area contributed by atoms with Gasteiger partial charge < -0.3 is 28.6 Å². The predicted octanol–water partition coefficient (Wildman–Crippen LogP) is 3.04. The molecule has 0 saturated heterocycles. The van der Waals surface area contributed by atoms with E-state index in [0.717, 1.165) is 11.1 Å². The molecule has 2 aliphatic heterocycles. The number of fused-ring (bicyclic) bond motifs is 3. The smallest absolute Gasteiger partial charge is 0.410 e. The van der Waals surface area contributed by atoms with E-state index >= 15 is 0 Å². The summed E-state index contributed by atoms with van der Waals surface area (Å²) in [7, 11) is 3.34. The second-order valence-electron chi connectivity index (χ2n) is 7.21. The molecule has 2 unspecified atom stereocenters. The summed E-state index contributed by atoms with van der Waals surface area (Å²) in [6.07, 6.45) is -0.903. The number of hydrogen-bond donors (Lipinski definition) is 0. The van der Waals surface area contributed by atoms with Crippen LogP contribution in [-0.2, 0) is 14.2 Å². The van der Waals surface area contributed by atoms with Gasteiger partial charge in [-0.2, -0.15) is 0 Å². The average Bonchev–Trinajstić information content (AvgIpc) is 3.01. The second kappa shape index (κ2) is 6.72. The Bertz CT molecular complexity index is 654. The molecule has 138 valence electrons. The first-order valence-electron chi connectivity index (χ1n) is 8.31. The molecule has 0 bridgehead atoms. The van der Waals surface area contributed by atoms with Crippen LogP contribution in [0.2, 0.25) is 0 Å². The summed E-state index contributed by atoms with van der Waals surface area (Å²) in [6.45, 7) is 6.46. The van der Waals surface area contributed by atoms with Crippen molar-refractivity contribution >= 4 is 6.09 Å². The molecule has 7 nitrogen and oxygen atoms in total. The minimum Gasteiger partial charge on any atom is -0.454 e. The minimum absolute atomic E-state index is 0.174. The molecule has 0 spiro atoms. The second-order valence-corrected chi connectivity index (χ2v) is 7.21. The van der Waals surface area contributed by atoms with Crippen molar-refractivity contribution in [2.75, 3.05) is 34.1 Å². The molecule has 1 aromatic rings. The number of carbonyl (C=O) groups is 1. The SMILES string of the molecule is COC1COC(CN(C)C(=O)OC(C)(C)C)c2c1ccc1c2OCO1. The number of rotatable bonds is 3. The van der Waals surface area contributed by atoms with Crippen molar-refractivity contribution in [1.29, 1.82) is 0 Å². The van der Waals surface area contributed by atoms with Crippen molar-refractivity contribution in [3.63, 3.8) is 0 Å². The van der Waals surface area contributed by atoms with Crippen LogP contribution in [0.1, 0.15) is 44.1 Å². The maximum absolute atomic E-state index is 12.3. The Hall–Kier alpha value is -1.99. The summed E-state index contributed by atoms with van der Waals surface area (Å²) in [5, 5.41) is 0. The summed E-state index contributed by atoms with van der Waals surface area (Å²) in [4.78, 5) is 13.8. The highest BCUT2D eigenvalue weighted by molar-refractivity contribution is 5.68. The number of nitrogens with zero attached hydrogens (tertiary/aromatic N) is 1. The monoisotopic (exact) mass is 351 g/mol. The van der Waals surface area contributed by atoms with Crippen LogP contribution in [0.4, 0.5) is 4.79 Å². The molecule has 0 radical (unpaired) electrons. The highest BCUT2D eigenvalue weighted by atomic mass is 16.7. The van der Waals surface area contributed by atoms with E-state index < -0.39 is 11.7 Å². The largest absolute Gasteiger partial charge is 0.454 e. The van der Waals surface area contributed by atoms with Gasteiger partial charge >= 0.3 is 6.09 Å². The normalized spacial score (nSPS) is 21.6. The van der Waals surface area contributed by atoms with Crippen molar-refractivity contribution in [3.8, 4) is 11.5 Å². The maximum atomic E-state index is 12.3. The maximum Gasteiger partial charge on any atom is 0.410 e. The van der Waals surface area contributed by atoms with Crippen molar-refractivity contribution in [2.45, 2.75) is 38.6 Å². The Morgan fingerprint density at radius 3 is 2.76 bits per heavy atom. The first kappa shape index (κ1) is 17.8. The van der Waals surface area contributed by atoms with Crippen molar-refractivity contribution < 1.29 is 28.5 Å². The van der Waals surface area contributed by atoms with Crippen LogP contribution in [0.3, 0.4) is 0 Å². The fourth-order valence-electron chi connectivity index (χ4n) is 3.00. The van der Waals surface area contributed by atoms with Crippen LogP contribution < -0.4 is 9.47 Å². The Balaban J connectivity index is 1.85. The summed E-state index contributed by atoms with van der Waals surface area (Å²) < 4.78 is 28.0. The van der Waals surface area contributed by atoms with E-state index in [1.807, 2.05) is 32.9 Å². The van der Waals surface area contributed by atoms with Gasteiger partial charge in [-0.05, 0) is 32.4 Å². The molecule has 7 heteroatoms. The van der Waals surface area contributed by atoms with Gasteiger partial charge in [0.2, 0.25) is 6.79 Å². The van der Waals surface area contributed by atoms with Crippen molar-refractivity contribution in [1.82, 2.24) is 4.90 Å². The molecule has 0 N–H and O–H groups in total. The molecule has 2 atom stereocenters. The lowest BCUT2D eigenvalue weighted by Gasteiger charge is -2.34. The molecule has 1 aromatic carbocycles. The van der Waals surface area contributed by atoms with E-state index in [4.69, 9.17) is 23.7 Å². The quantitative estimate of drug-likeness (QED) is 0.834. The first-order chi connectivity index (χ1) is 11.8. The molecule has 25 heavy (non-hydrogen) atoms. The Morgan fingerprint density at radius 2 is 2.08 bits per heavy atom. The lowest BCUT2D eigenvalue weighted by atomic mass is 9.93. The van der Waals surface area contributed by atoms with Gasteiger partial charge in [0, 0.05) is 19.7 Å². The third-order valence-electron chi connectivity index (χ3n) is 4.16. The minimum atomic E-state index is -0.546. The average molecular weight is 351 g/mol. The van der Waals surface area contributed by atoms with E-state index in [-0.39, 0.29) is 19.0 Å². The molecule has 0 fully saturated rings. The summed E-state index contributed by atoms with van der Waals surface area (Å²) >= 11 is 0. The van der Waals surface area contributed by atoms with Gasteiger partial charge in [0.25, 0.3) is 0 Å². The summed E-state index contributed by atoms with van der Waals surface area (Å²) in [6, 6.07) is 3.85. The van der Waals surface area contributed by atoms with E-state index in [2.05, 4.69) is 0 Å². The molecular weight excluding hydrogens is 326 g/mol. The molecule has 2 heterocycles. The number of hydrogen-bond acceptors (Lipinski definition) is 6. The van der Waals surface area contributed by atoms with Gasteiger partial charge in [0.15, 0.2) is 11.5 Å². The van der Waals surface area contributed by atoms with Gasteiger partial charge in [-0.25, -0.2) is 4.79 Å². The van der Waals surface area contributed by atoms with Crippen LogP contribution >= 0.6 is 0 Å². The van der Waals surface area contributed by atoms with Gasteiger partial charge in [0.1, 0.15) is 17.8 Å². The van der Waals surface area contributed by atoms with Gasteiger partial charge in [0.05, 0.1) is 13.2 Å². The molecule has 0 aromatic heterocycles. The fraction of sp³-hybridized carbons (Fsp3) is 0.611. The van der Waals surface area contributed by atoms with E-state index in [0.29, 0.717) is 24.7 Å². The molecule has 0 saturated carbocycles. The van der Waals surface area contributed by atoms with E-state index in [1.54, 1.807) is 14.2 Å². The van der Waals surface area contributed by atoms with Crippen LogP contribution in [0.15, 0.2) is 12.1 Å². The summed E-state index contributed by atoms with van der Waals surface area (Å²) in [5.74, 6) is 1.35. The van der Waals surface area contributed by atoms with Crippen LogP contribution in [0.5, 0.6) is 11.5 Å². The first-order valence-corrected chi connectivity index (χ1v) is 8.31. The zero-order valence-corrected chi connectivity index (χ0v) is 15.3. The number of methoxy groups -OCH3 is 1. The molecule has 3 rings (SSSR count). The number of ether oxygens (including phenoxy) is 5. The molecule has 2 aliphatic rings. The molecule has 0 aliphatic carbocycles. The highest BCUT2D eigenvalue weighted by Gasteiger charge is 2.36. The zero-order chi connectivity index (χ0) is 18.2. The van der Waals surface area contributed by atoms with Gasteiger partial charge in [-0.1, -0.05) is 6.07 Å². The molecule has 1 amide bonds. The zero-order valence-electron chi connectivity index (χ0n) is 15.3. The Morgan fingerprint density at radius 1 is 1.32 bits per heavy atom.